The SMILES string of the molecule is OC(c1ccc(C(F)(F)F)cc1)c1c(C2CCCC2)nc2c(c1-c1ccc(F)cc1)C1(CCN2Cc2ccccc2)OCCO1. The lowest BCUT2D eigenvalue weighted by atomic mass is 9.80. The molecule has 0 bridgehead atoms. The number of nitrogens with zero attached hydrogens (tertiary/aromatic N) is 2. The lowest BCUT2D eigenvalue weighted by Crippen LogP contribution is -2.43. The summed E-state index contributed by atoms with van der Waals surface area (Å²) in [6.45, 7) is 1.96. The highest BCUT2D eigenvalue weighted by Gasteiger charge is 2.49. The van der Waals surface area contributed by atoms with Gasteiger partial charge in [-0.05, 0) is 53.8 Å². The second-order valence-corrected chi connectivity index (χ2v) is 12.1. The Morgan fingerprint density at radius 1 is 0.911 bits per heavy atom. The van der Waals surface area contributed by atoms with Gasteiger partial charge in [0.25, 0.3) is 0 Å². The van der Waals surface area contributed by atoms with Gasteiger partial charge in [-0.2, -0.15) is 13.2 Å². The van der Waals surface area contributed by atoms with Crippen LogP contribution in [0.4, 0.5) is 23.4 Å². The Morgan fingerprint density at radius 2 is 1.58 bits per heavy atom. The minimum Gasteiger partial charge on any atom is -0.384 e. The average molecular weight is 619 g/mol. The lowest BCUT2D eigenvalue weighted by molar-refractivity contribution is -0.171. The molecule has 1 N–H and O–H groups in total. The molecule has 3 heterocycles. The van der Waals surface area contributed by atoms with E-state index in [-0.39, 0.29) is 5.92 Å². The van der Waals surface area contributed by atoms with Gasteiger partial charge in [-0.25, -0.2) is 9.37 Å². The van der Waals surface area contributed by atoms with Crippen LogP contribution in [0.3, 0.4) is 0 Å². The number of halogens is 4. The first-order valence-electron chi connectivity index (χ1n) is 15.5. The van der Waals surface area contributed by atoms with Gasteiger partial charge >= 0.3 is 6.18 Å². The molecule has 234 valence electrons. The predicted octanol–water partition coefficient (Wildman–Crippen LogP) is 8.26. The molecule has 1 unspecified atom stereocenters. The monoisotopic (exact) mass is 618 g/mol. The zero-order valence-corrected chi connectivity index (χ0v) is 24.7. The molecule has 1 spiro atoms. The summed E-state index contributed by atoms with van der Waals surface area (Å²) in [5, 5.41) is 12.2. The Morgan fingerprint density at radius 3 is 2.22 bits per heavy atom. The van der Waals surface area contributed by atoms with E-state index in [0.29, 0.717) is 72.1 Å². The molecule has 3 aliphatic rings. The predicted molar refractivity (Wildman–Crippen MR) is 162 cm³/mol. The van der Waals surface area contributed by atoms with E-state index in [1.165, 1.54) is 24.3 Å². The quantitative estimate of drug-likeness (QED) is 0.221. The fourth-order valence-electron chi connectivity index (χ4n) is 7.13. The third-order valence-electron chi connectivity index (χ3n) is 9.31. The van der Waals surface area contributed by atoms with E-state index in [1.54, 1.807) is 12.1 Å². The van der Waals surface area contributed by atoms with Gasteiger partial charge in [-0.15, -0.1) is 0 Å². The molecule has 45 heavy (non-hydrogen) atoms. The Labute approximate surface area is 259 Å². The molecule has 1 aromatic heterocycles. The minimum atomic E-state index is -4.50. The third kappa shape index (κ3) is 5.62. The van der Waals surface area contributed by atoms with Crippen LogP contribution in [-0.4, -0.2) is 29.8 Å². The van der Waals surface area contributed by atoms with Gasteiger partial charge in [0.05, 0.1) is 30.0 Å². The molecule has 9 heteroatoms. The summed E-state index contributed by atoms with van der Waals surface area (Å²) < 4.78 is 67.4. The van der Waals surface area contributed by atoms with Crippen LogP contribution in [0.15, 0.2) is 78.9 Å². The van der Waals surface area contributed by atoms with Crippen molar-refractivity contribution in [2.75, 3.05) is 24.7 Å². The average Bonchev–Trinajstić information content (AvgIpc) is 3.76. The Balaban J connectivity index is 1.50. The van der Waals surface area contributed by atoms with E-state index >= 15 is 0 Å². The summed E-state index contributed by atoms with van der Waals surface area (Å²) in [5.41, 5.74) is 3.79. The molecule has 4 aromatic rings. The number of rotatable bonds is 6. The van der Waals surface area contributed by atoms with Gasteiger partial charge in [-0.3, -0.25) is 0 Å². The Bertz CT molecular complexity index is 1650. The van der Waals surface area contributed by atoms with Crippen molar-refractivity contribution in [3.8, 4) is 11.1 Å². The number of pyridine rings is 1. The lowest BCUT2D eigenvalue weighted by Gasteiger charge is -2.42. The van der Waals surface area contributed by atoms with Crippen LogP contribution in [0.2, 0.25) is 0 Å². The Kier molecular flexibility index (Phi) is 7.88. The van der Waals surface area contributed by atoms with Gasteiger partial charge in [0.15, 0.2) is 0 Å². The smallest absolute Gasteiger partial charge is 0.384 e. The maximum atomic E-state index is 14.3. The topological polar surface area (TPSA) is 54.8 Å². The summed E-state index contributed by atoms with van der Waals surface area (Å²) >= 11 is 0. The first-order chi connectivity index (χ1) is 21.7. The molecular weight excluding hydrogens is 584 g/mol. The van der Waals surface area contributed by atoms with Crippen LogP contribution >= 0.6 is 0 Å². The van der Waals surface area contributed by atoms with Crippen molar-refractivity contribution >= 4 is 5.82 Å². The first-order valence-corrected chi connectivity index (χ1v) is 15.5. The molecule has 3 aromatic carbocycles. The highest BCUT2D eigenvalue weighted by atomic mass is 19.4. The fourth-order valence-corrected chi connectivity index (χ4v) is 7.13. The van der Waals surface area contributed by atoms with Crippen molar-refractivity contribution in [1.82, 2.24) is 4.98 Å². The van der Waals surface area contributed by atoms with Crippen LogP contribution in [0.5, 0.6) is 0 Å². The molecular formula is C36H34F4N2O3. The van der Waals surface area contributed by atoms with Gasteiger partial charge in [0.2, 0.25) is 5.79 Å². The van der Waals surface area contributed by atoms with E-state index in [4.69, 9.17) is 14.5 Å². The molecule has 1 saturated heterocycles. The number of aliphatic hydroxyl groups excluding tert-OH is 1. The molecule has 2 aliphatic heterocycles. The number of aliphatic hydroxyl groups is 1. The zero-order chi connectivity index (χ0) is 31.2. The molecule has 1 aliphatic carbocycles. The number of alkyl halides is 3. The molecule has 5 nitrogen and oxygen atoms in total. The van der Waals surface area contributed by atoms with Crippen molar-refractivity contribution in [3.63, 3.8) is 0 Å². The van der Waals surface area contributed by atoms with E-state index in [9.17, 15) is 22.7 Å². The summed E-state index contributed by atoms with van der Waals surface area (Å²) in [7, 11) is 0. The van der Waals surface area contributed by atoms with Crippen LogP contribution < -0.4 is 4.90 Å². The van der Waals surface area contributed by atoms with Gasteiger partial charge in [0.1, 0.15) is 17.7 Å². The normalized spacial score (nSPS) is 18.8. The molecule has 0 radical (unpaired) electrons. The summed E-state index contributed by atoms with van der Waals surface area (Å²) in [6.07, 6.45) is -1.54. The van der Waals surface area contributed by atoms with Crippen molar-refractivity contribution in [1.29, 1.82) is 0 Å². The van der Waals surface area contributed by atoms with Crippen molar-refractivity contribution in [2.45, 2.75) is 62.6 Å². The Hall–Kier alpha value is -3.79. The van der Waals surface area contributed by atoms with Crippen LogP contribution in [-0.2, 0) is 28.0 Å². The van der Waals surface area contributed by atoms with E-state index < -0.39 is 29.4 Å². The standard InChI is InChI=1S/C36H34F4N2O3/c37-28-16-12-24(13-17-28)29-30(33(43)26-10-14-27(15-11-26)36(38,39)40)32(25-8-4-5-9-25)41-34-31(29)35(44-20-21-45-35)18-19-42(34)22-23-6-2-1-3-7-23/h1-3,6-7,10-17,25,33,43H,4-5,8-9,18-22H2. The second kappa shape index (κ2) is 11.9. The highest BCUT2D eigenvalue weighted by molar-refractivity contribution is 5.80. The summed E-state index contributed by atoms with van der Waals surface area (Å²) in [4.78, 5) is 7.56. The van der Waals surface area contributed by atoms with Crippen LogP contribution in [0.1, 0.15) is 77.6 Å². The van der Waals surface area contributed by atoms with Crippen LogP contribution in [0.25, 0.3) is 11.1 Å². The number of hydrogen-bond donors (Lipinski definition) is 1. The van der Waals surface area contributed by atoms with Crippen LogP contribution in [0, 0.1) is 5.82 Å². The van der Waals surface area contributed by atoms with Crippen molar-refractivity contribution in [3.05, 3.63) is 118 Å². The van der Waals surface area contributed by atoms with Crippen molar-refractivity contribution < 1.29 is 32.1 Å². The molecule has 1 saturated carbocycles. The maximum Gasteiger partial charge on any atom is 0.416 e. The third-order valence-corrected chi connectivity index (χ3v) is 9.31. The molecule has 1 atom stereocenters. The molecule has 2 fully saturated rings. The highest BCUT2D eigenvalue weighted by Crippen LogP contribution is 2.53. The number of benzene rings is 3. The summed E-state index contributed by atoms with van der Waals surface area (Å²) in [6, 6.07) is 20.8. The van der Waals surface area contributed by atoms with Crippen molar-refractivity contribution in [2.24, 2.45) is 0 Å². The number of hydrogen-bond acceptors (Lipinski definition) is 5. The number of anilines is 1. The summed E-state index contributed by atoms with van der Waals surface area (Å²) in [5.74, 6) is -0.814. The fraction of sp³-hybridized carbons (Fsp3) is 0.361. The zero-order valence-electron chi connectivity index (χ0n) is 24.7. The van der Waals surface area contributed by atoms with E-state index in [2.05, 4.69) is 17.0 Å². The molecule has 7 rings (SSSR count). The second-order valence-electron chi connectivity index (χ2n) is 12.1. The minimum absolute atomic E-state index is 0.0375. The van der Waals surface area contributed by atoms with E-state index in [1.807, 2.05) is 18.2 Å². The number of fused-ring (bicyclic) bond motifs is 2. The van der Waals surface area contributed by atoms with Gasteiger partial charge < -0.3 is 19.5 Å². The first kappa shape index (κ1) is 29.9. The van der Waals surface area contributed by atoms with E-state index in [0.717, 1.165) is 43.4 Å². The largest absolute Gasteiger partial charge is 0.416 e. The molecule has 0 amide bonds. The number of ether oxygens (including phenoxy) is 2. The number of aromatic nitrogens is 1. The van der Waals surface area contributed by atoms with Gasteiger partial charge in [0, 0.05) is 36.6 Å². The maximum absolute atomic E-state index is 14.3. The van der Waals surface area contributed by atoms with Gasteiger partial charge in [-0.1, -0.05) is 67.4 Å².